The summed E-state index contributed by atoms with van der Waals surface area (Å²) in [6.45, 7) is 1.62. The Bertz CT molecular complexity index is 537. The Morgan fingerprint density at radius 1 is 1.43 bits per heavy atom. The maximum Gasteiger partial charge on any atom is 0.308 e. The summed E-state index contributed by atoms with van der Waals surface area (Å²) in [5, 5.41) is 12.8. The molecule has 0 saturated carbocycles. The number of phenols is 1. The van der Waals surface area contributed by atoms with E-state index >= 15 is 0 Å². The van der Waals surface area contributed by atoms with Crippen LogP contribution in [0.15, 0.2) is 12.1 Å². The molecule has 0 spiro atoms. The molecule has 0 radical (unpaired) electrons. The second-order valence-electron chi connectivity index (χ2n) is 4.16. The van der Waals surface area contributed by atoms with Gasteiger partial charge < -0.3 is 20.9 Å². The third-order valence-electron chi connectivity index (χ3n) is 2.63. The predicted octanol–water partition coefficient (Wildman–Crippen LogP) is 1.77. The van der Waals surface area contributed by atoms with Crippen molar-refractivity contribution < 1.29 is 19.4 Å². The highest BCUT2D eigenvalue weighted by molar-refractivity contribution is 6.35. The van der Waals surface area contributed by atoms with Crippen molar-refractivity contribution in [1.29, 1.82) is 0 Å². The fourth-order valence-corrected chi connectivity index (χ4v) is 2.24. The normalized spacial score (nSPS) is 11.8. The summed E-state index contributed by atoms with van der Waals surface area (Å²) < 4.78 is 4.84. The molecule has 21 heavy (non-hydrogen) atoms. The molecule has 0 bridgehead atoms. The number of carbonyl (C=O) groups excluding carboxylic acids is 2. The third-order valence-corrected chi connectivity index (χ3v) is 3.14. The number of aromatic hydroxyl groups is 1. The zero-order chi connectivity index (χ0) is 16.0. The number of nitrogens with one attached hydrogen (secondary N) is 1. The van der Waals surface area contributed by atoms with E-state index < -0.39 is 17.9 Å². The second kappa shape index (κ2) is 8.07. The summed E-state index contributed by atoms with van der Waals surface area (Å²) in [5.41, 5.74) is 5.47. The van der Waals surface area contributed by atoms with Crippen LogP contribution in [0.25, 0.3) is 0 Å². The third kappa shape index (κ3) is 5.08. The number of carbonyl (C=O) groups is 2. The Hall–Kier alpha value is -1.50. The molecule has 0 aromatic heterocycles. The first-order valence-corrected chi connectivity index (χ1v) is 6.97. The fourth-order valence-electron chi connectivity index (χ4n) is 1.73. The Balaban J connectivity index is 3.10. The lowest BCUT2D eigenvalue weighted by molar-refractivity contribution is -0.143. The van der Waals surface area contributed by atoms with Gasteiger partial charge in [-0.05, 0) is 19.1 Å². The van der Waals surface area contributed by atoms with Crippen molar-refractivity contribution in [1.82, 2.24) is 5.32 Å². The van der Waals surface area contributed by atoms with Crippen LogP contribution in [-0.2, 0) is 14.3 Å². The number of esters is 1. The summed E-state index contributed by atoms with van der Waals surface area (Å²) in [6, 6.07) is 1.94. The maximum absolute atomic E-state index is 11.6. The number of nitrogens with two attached hydrogens (primary N) is 1. The number of amides is 1. The largest absolute Gasteiger partial charge is 0.506 e. The molecule has 1 atom stereocenters. The fraction of sp³-hybridized carbons (Fsp3) is 0.385. The number of benzene rings is 1. The van der Waals surface area contributed by atoms with Crippen LogP contribution in [-0.4, -0.2) is 30.1 Å². The van der Waals surface area contributed by atoms with Crippen molar-refractivity contribution in [2.24, 2.45) is 5.73 Å². The van der Waals surface area contributed by atoms with Gasteiger partial charge in [-0.3, -0.25) is 9.59 Å². The van der Waals surface area contributed by atoms with Gasteiger partial charge in [-0.1, -0.05) is 23.2 Å². The molecule has 0 saturated heterocycles. The molecular formula is C13H16Cl2N2O4. The average Bonchev–Trinajstić information content (AvgIpc) is 2.42. The Morgan fingerprint density at radius 2 is 2.10 bits per heavy atom. The van der Waals surface area contributed by atoms with Crippen molar-refractivity contribution >= 4 is 35.1 Å². The lowest BCUT2D eigenvalue weighted by Gasteiger charge is -2.20. The number of halogens is 2. The minimum Gasteiger partial charge on any atom is -0.506 e. The lowest BCUT2D eigenvalue weighted by Crippen LogP contribution is -2.35. The molecule has 0 aliphatic heterocycles. The highest BCUT2D eigenvalue weighted by Gasteiger charge is 2.23. The van der Waals surface area contributed by atoms with Gasteiger partial charge in [-0.15, -0.1) is 0 Å². The number of hydrogen-bond acceptors (Lipinski definition) is 5. The van der Waals surface area contributed by atoms with Gasteiger partial charge in [0.25, 0.3) is 0 Å². The number of phenolic OH excluding ortho intramolecular Hbond substituents is 1. The zero-order valence-electron chi connectivity index (χ0n) is 11.4. The van der Waals surface area contributed by atoms with Gasteiger partial charge in [0.05, 0.1) is 30.6 Å². The van der Waals surface area contributed by atoms with E-state index in [4.69, 9.17) is 33.7 Å². The first kappa shape index (κ1) is 17.6. The maximum atomic E-state index is 11.6. The molecular weight excluding hydrogens is 319 g/mol. The quantitative estimate of drug-likeness (QED) is 0.688. The zero-order valence-corrected chi connectivity index (χ0v) is 12.9. The van der Waals surface area contributed by atoms with E-state index in [2.05, 4.69) is 5.32 Å². The van der Waals surface area contributed by atoms with Crippen LogP contribution in [0.4, 0.5) is 0 Å². The van der Waals surface area contributed by atoms with E-state index in [1.807, 2.05) is 0 Å². The molecule has 1 unspecified atom stereocenters. The monoisotopic (exact) mass is 334 g/mol. The van der Waals surface area contributed by atoms with Crippen molar-refractivity contribution in [3.63, 3.8) is 0 Å². The van der Waals surface area contributed by atoms with E-state index in [0.29, 0.717) is 0 Å². The molecule has 0 heterocycles. The summed E-state index contributed by atoms with van der Waals surface area (Å²) in [6.07, 6.45) is -0.177. The Kier molecular flexibility index (Phi) is 6.74. The molecule has 0 aliphatic rings. The van der Waals surface area contributed by atoms with Crippen LogP contribution < -0.4 is 11.1 Å². The number of rotatable bonds is 6. The van der Waals surface area contributed by atoms with Gasteiger partial charge in [0.15, 0.2) is 0 Å². The Morgan fingerprint density at radius 3 is 2.67 bits per heavy atom. The standard InChI is InChI=1S/C13H16Cl2N2O4/c1-2-21-12(19)5-10(17-11(18)6-16)8-3-7(14)4-9(15)13(8)20/h3-4,10,20H,2,5-6,16H2,1H3,(H,17,18). The molecule has 6 nitrogen and oxygen atoms in total. The van der Waals surface area contributed by atoms with Gasteiger partial charge in [0, 0.05) is 10.6 Å². The lowest BCUT2D eigenvalue weighted by atomic mass is 10.0. The van der Waals surface area contributed by atoms with Gasteiger partial charge in [-0.2, -0.15) is 0 Å². The highest BCUT2D eigenvalue weighted by Crippen LogP contribution is 2.36. The smallest absolute Gasteiger partial charge is 0.308 e. The molecule has 4 N–H and O–H groups in total. The van der Waals surface area contributed by atoms with Crippen molar-refractivity contribution in [2.75, 3.05) is 13.2 Å². The predicted molar refractivity (Wildman–Crippen MR) is 79.3 cm³/mol. The van der Waals surface area contributed by atoms with E-state index in [9.17, 15) is 14.7 Å². The van der Waals surface area contributed by atoms with Crippen LogP contribution in [0.5, 0.6) is 5.75 Å². The number of hydrogen-bond donors (Lipinski definition) is 3. The Labute approximate surface area is 132 Å². The minimum atomic E-state index is -0.837. The van der Waals surface area contributed by atoms with Gasteiger partial charge in [0.1, 0.15) is 5.75 Å². The average molecular weight is 335 g/mol. The second-order valence-corrected chi connectivity index (χ2v) is 5.00. The van der Waals surface area contributed by atoms with E-state index in [0.717, 1.165) is 0 Å². The summed E-state index contributed by atoms with van der Waals surface area (Å²) in [5.74, 6) is -1.28. The molecule has 1 rings (SSSR count). The first-order valence-electron chi connectivity index (χ1n) is 6.22. The molecule has 8 heteroatoms. The van der Waals surface area contributed by atoms with Gasteiger partial charge >= 0.3 is 5.97 Å². The molecule has 0 fully saturated rings. The van der Waals surface area contributed by atoms with Gasteiger partial charge in [-0.25, -0.2) is 0 Å². The van der Waals surface area contributed by atoms with E-state index in [1.165, 1.54) is 12.1 Å². The molecule has 1 aromatic rings. The topological polar surface area (TPSA) is 102 Å². The highest BCUT2D eigenvalue weighted by atomic mass is 35.5. The van der Waals surface area contributed by atoms with Crippen LogP contribution in [0.2, 0.25) is 10.0 Å². The molecule has 1 aromatic carbocycles. The molecule has 1 amide bonds. The first-order chi connectivity index (χ1) is 9.88. The van der Waals surface area contributed by atoms with E-state index in [1.54, 1.807) is 6.92 Å². The minimum absolute atomic E-state index is 0.0216. The van der Waals surface area contributed by atoms with Gasteiger partial charge in [0.2, 0.25) is 5.91 Å². The summed E-state index contributed by atoms with van der Waals surface area (Å²) >= 11 is 11.7. The van der Waals surface area contributed by atoms with E-state index in [-0.39, 0.29) is 40.9 Å². The van der Waals surface area contributed by atoms with Crippen LogP contribution >= 0.6 is 23.2 Å². The number of ether oxygens (including phenoxy) is 1. The van der Waals surface area contributed by atoms with Crippen molar-refractivity contribution in [3.8, 4) is 5.75 Å². The summed E-state index contributed by atoms with van der Waals surface area (Å²) in [4.78, 5) is 23.1. The summed E-state index contributed by atoms with van der Waals surface area (Å²) in [7, 11) is 0. The van der Waals surface area contributed by atoms with Crippen LogP contribution in [0, 0.1) is 0 Å². The van der Waals surface area contributed by atoms with Crippen LogP contribution in [0.3, 0.4) is 0 Å². The molecule has 116 valence electrons. The van der Waals surface area contributed by atoms with Crippen LogP contribution in [0.1, 0.15) is 24.9 Å². The molecule has 0 aliphatic carbocycles. The SMILES string of the molecule is CCOC(=O)CC(NC(=O)CN)c1cc(Cl)cc(Cl)c1O. The van der Waals surface area contributed by atoms with Crippen molar-refractivity contribution in [3.05, 3.63) is 27.7 Å². The van der Waals surface area contributed by atoms with Crippen molar-refractivity contribution in [2.45, 2.75) is 19.4 Å².